The first kappa shape index (κ1) is 12.9. The minimum atomic E-state index is 0.667. The van der Waals surface area contributed by atoms with Gasteiger partial charge >= 0.3 is 0 Å². The molecule has 0 aliphatic carbocycles. The predicted molar refractivity (Wildman–Crippen MR) is 59.8 cm³/mol. The highest BCUT2D eigenvalue weighted by Gasteiger charge is 2.14. The van der Waals surface area contributed by atoms with E-state index in [1.54, 1.807) is 0 Å². The Morgan fingerprint density at radius 1 is 1.15 bits per heavy atom. The number of hydrogen-bond acceptors (Lipinski definition) is 2. The van der Waals surface area contributed by atoms with E-state index < -0.39 is 0 Å². The highest BCUT2D eigenvalue weighted by molar-refractivity contribution is 4.69. The Hall–Kier alpha value is -0.0800. The first-order chi connectivity index (χ1) is 5.99. The molecule has 0 saturated carbocycles. The molecular weight excluding hydrogens is 160 g/mol. The molecule has 2 unspecified atom stereocenters. The summed E-state index contributed by atoms with van der Waals surface area (Å²) in [7, 11) is 2.21. The molecule has 13 heavy (non-hydrogen) atoms. The third-order valence-corrected chi connectivity index (χ3v) is 2.92. The van der Waals surface area contributed by atoms with Gasteiger partial charge < -0.3 is 10.6 Å². The van der Waals surface area contributed by atoms with Crippen LogP contribution >= 0.6 is 0 Å². The summed E-state index contributed by atoms with van der Waals surface area (Å²) in [5.74, 6) is 1.45. The van der Waals surface area contributed by atoms with Crippen LogP contribution in [0.1, 0.15) is 34.1 Å². The van der Waals surface area contributed by atoms with Gasteiger partial charge in [0.1, 0.15) is 0 Å². The molecule has 2 atom stereocenters. The number of nitrogens with zero attached hydrogens (tertiary/aromatic N) is 1. The van der Waals surface area contributed by atoms with E-state index >= 15 is 0 Å². The first-order valence-electron chi connectivity index (χ1n) is 5.39. The normalized spacial score (nSPS) is 16.6. The van der Waals surface area contributed by atoms with Crippen molar-refractivity contribution < 1.29 is 0 Å². The Labute approximate surface area is 83.5 Å². The SMILES string of the molecule is CC(CCN)CN(C)C(C)C(C)C. The van der Waals surface area contributed by atoms with Gasteiger partial charge in [-0.15, -0.1) is 0 Å². The molecule has 0 aliphatic rings. The predicted octanol–water partition coefficient (Wildman–Crippen LogP) is 1.95. The van der Waals surface area contributed by atoms with E-state index in [1.807, 2.05) is 0 Å². The molecular formula is C11H26N2. The van der Waals surface area contributed by atoms with Crippen LogP contribution in [0.25, 0.3) is 0 Å². The van der Waals surface area contributed by atoms with E-state index in [0.717, 1.165) is 31.3 Å². The van der Waals surface area contributed by atoms with Gasteiger partial charge in [-0.05, 0) is 38.8 Å². The van der Waals surface area contributed by atoms with Crippen molar-refractivity contribution >= 4 is 0 Å². The summed E-state index contributed by atoms with van der Waals surface area (Å²) in [5.41, 5.74) is 5.52. The first-order valence-corrected chi connectivity index (χ1v) is 5.39. The number of nitrogens with two attached hydrogens (primary N) is 1. The lowest BCUT2D eigenvalue weighted by Crippen LogP contribution is -2.36. The topological polar surface area (TPSA) is 29.3 Å². The molecule has 0 aliphatic heterocycles. The molecule has 0 spiro atoms. The molecule has 2 heteroatoms. The molecule has 0 aromatic heterocycles. The fraction of sp³-hybridized carbons (Fsp3) is 1.00. The van der Waals surface area contributed by atoms with Crippen LogP contribution in [-0.4, -0.2) is 31.1 Å². The molecule has 80 valence electrons. The fourth-order valence-electron chi connectivity index (χ4n) is 1.54. The van der Waals surface area contributed by atoms with Crippen molar-refractivity contribution in [2.75, 3.05) is 20.1 Å². The standard InChI is InChI=1S/C11H26N2/c1-9(2)11(4)13(5)8-10(3)6-7-12/h9-11H,6-8,12H2,1-5H3. The molecule has 0 rings (SSSR count). The molecule has 2 N–H and O–H groups in total. The molecule has 0 heterocycles. The van der Waals surface area contributed by atoms with Gasteiger partial charge in [-0.1, -0.05) is 20.8 Å². The summed E-state index contributed by atoms with van der Waals surface area (Å²) >= 11 is 0. The minimum Gasteiger partial charge on any atom is -0.330 e. The van der Waals surface area contributed by atoms with Crippen LogP contribution in [0, 0.1) is 11.8 Å². The molecule has 0 amide bonds. The third kappa shape index (κ3) is 5.27. The zero-order chi connectivity index (χ0) is 10.4. The summed E-state index contributed by atoms with van der Waals surface area (Å²) in [5, 5.41) is 0. The highest BCUT2D eigenvalue weighted by atomic mass is 15.1. The molecule has 0 radical (unpaired) electrons. The van der Waals surface area contributed by atoms with Gasteiger partial charge in [-0.25, -0.2) is 0 Å². The van der Waals surface area contributed by atoms with E-state index in [2.05, 4.69) is 39.6 Å². The summed E-state index contributed by atoms with van der Waals surface area (Å²) in [6, 6.07) is 0.667. The van der Waals surface area contributed by atoms with Gasteiger partial charge in [0.15, 0.2) is 0 Å². The quantitative estimate of drug-likeness (QED) is 0.687. The van der Waals surface area contributed by atoms with Gasteiger partial charge in [0.25, 0.3) is 0 Å². The maximum atomic E-state index is 5.52. The fourth-order valence-corrected chi connectivity index (χ4v) is 1.54. The molecule has 0 saturated heterocycles. The van der Waals surface area contributed by atoms with E-state index in [1.165, 1.54) is 0 Å². The summed E-state index contributed by atoms with van der Waals surface area (Å²) in [6.07, 6.45) is 1.13. The summed E-state index contributed by atoms with van der Waals surface area (Å²) in [4.78, 5) is 2.44. The van der Waals surface area contributed by atoms with Crippen molar-refractivity contribution in [2.24, 2.45) is 17.6 Å². The monoisotopic (exact) mass is 186 g/mol. The van der Waals surface area contributed by atoms with Crippen molar-refractivity contribution in [3.8, 4) is 0 Å². The van der Waals surface area contributed by atoms with E-state index in [4.69, 9.17) is 5.73 Å². The summed E-state index contributed by atoms with van der Waals surface area (Å²) < 4.78 is 0. The lowest BCUT2D eigenvalue weighted by Gasteiger charge is -2.30. The third-order valence-electron chi connectivity index (χ3n) is 2.92. The maximum Gasteiger partial charge on any atom is 0.00869 e. The Balaban J connectivity index is 3.77. The van der Waals surface area contributed by atoms with Crippen LogP contribution in [0.2, 0.25) is 0 Å². The lowest BCUT2D eigenvalue weighted by atomic mass is 10.0. The second kappa shape index (κ2) is 6.39. The van der Waals surface area contributed by atoms with Crippen LogP contribution in [-0.2, 0) is 0 Å². The van der Waals surface area contributed by atoms with Gasteiger partial charge in [0.2, 0.25) is 0 Å². The largest absolute Gasteiger partial charge is 0.330 e. The van der Waals surface area contributed by atoms with Crippen molar-refractivity contribution in [1.29, 1.82) is 0 Å². The summed E-state index contributed by atoms with van der Waals surface area (Å²) in [6.45, 7) is 11.1. The zero-order valence-electron chi connectivity index (χ0n) is 9.88. The van der Waals surface area contributed by atoms with Crippen LogP contribution in [0.5, 0.6) is 0 Å². The highest BCUT2D eigenvalue weighted by Crippen LogP contribution is 2.11. The van der Waals surface area contributed by atoms with E-state index in [-0.39, 0.29) is 0 Å². The molecule has 0 bridgehead atoms. The molecule has 0 aromatic rings. The van der Waals surface area contributed by atoms with Gasteiger partial charge in [-0.3, -0.25) is 0 Å². The second-order valence-corrected chi connectivity index (χ2v) is 4.61. The van der Waals surface area contributed by atoms with Crippen LogP contribution in [0.15, 0.2) is 0 Å². The van der Waals surface area contributed by atoms with Crippen molar-refractivity contribution in [3.05, 3.63) is 0 Å². The Morgan fingerprint density at radius 2 is 1.69 bits per heavy atom. The molecule has 2 nitrogen and oxygen atoms in total. The minimum absolute atomic E-state index is 0.667. The van der Waals surface area contributed by atoms with Gasteiger partial charge in [-0.2, -0.15) is 0 Å². The van der Waals surface area contributed by atoms with Crippen LogP contribution in [0.4, 0.5) is 0 Å². The van der Waals surface area contributed by atoms with Crippen LogP contribution < -0.4 is 5.73 Å². The van der Waals surface area contributed by atoms with Crippen molar-refractivity contribution in [3.63, 3.8) is 0 Å². The molecule has 0 aromatic carbocycles. The lowest BCUT2D eigenvalue weighted by molar-refractivity contribution is 0.181. The maximum absolute atomic E-state index is 5.52. The average Bonchev–Trinajstić information content (AvgIpc) is 2.03. The Bertz CT molecular complexity index is 123. The zero-order valence-corrected chi connectivity index (χ0v) is 9.88. The smallest absolute Gasteiger partial charge is 0.00869 e. The number of hydrogen-bond donors (Lipinski definition) is 1. The van der Waals surface area contributed by atoms with E-state index in [0.29, 0.717) is 6.04 Å². The van der Waals surface area contributed by atoms with Crippen LogP contribution in [0.3, 0.4) is 0 Å². The van der Waals surface area contributed by atoms with E-state index in [9.17, 15) is 0 Å². The average molecular weight is 186 g/mol. The second-order valence-electron chi connectivity index (χ2n) is 4.61. The van der Waals surface area contributed by atoms with Gasteiger partial charge in [0, 0.05) is 12.6 Å². The number of rotatable bonds is 6. The Morgan fingerprint density at radius 3 is 2.08 bits per heavy atom. The van der Waals surface area contributed by atoms with Crippen molar-refractivity contribution in [1.82, 2.24) is 4.90 Å². The van der Waals surface area contributed by atoms with Gasteiger partial charge in [0.05, 0.1) is 0 Å². The molecule has 0 fully saturated rings. The van der Waals surface area contributed by atoms with Crippen molar-refractivity contribution in [2.45, 2.75) is 40.2 Å². The Kier molecular flexibility index (Phi) is 6.35.